The highest BCUT2D eigenvalue weighted by molar-refractivity contribution is 5.97. The van der Waals surface area contributed by atoms with E-state index < -0.39 is 0 Å². The summed E-state index contributed by atoms with van der Waals surface area (Å²) in [7, 11) is 3.33. The quantitative estimate of drug-likeness (QED) is 0.815. The second-order valence-corrected chi connectivity index (χ2v) is 7.31. The molecule has 0 saturated carbocycles. The van der Waals surface area contributed by atoms with Crippen molar-refractivity contribution in [2.75, 3.05) is 38.8 Å². The third kappa shape index (κ3) is 3.65. The number of amides is 1. The first-order chi connectivity index (χ1) is 13.2. The van der Waals surface area contributed by atoms with Gasteiger partial charge in [-0.3, -0.25) is 9.69 Å². The SMILES string of the molecule is COc1cc(CN2CCC(C(=O)N3CCc4ccccc43)C2)cc(OC)c1. The van der Waals surface area contributed by atoms with Gasteiger partial charge >= 0.3 is 0 Å². The van der Waals surface area contributed by atoms with Crippen LogP contribution >= 0.6 is 0 Å². The van der Waals surface area contributed by atoms with Gasteiger partial charge in [-0.15, -0.1) is 0 Å². The Hall–Kier alpha value is -2.53. The lowest BCUT2D eigenvalue weighted by Crippen LogP contribution is -2.36. The molecule has 27 heavy (non-hydrogen) atoms. The lowest BCUT2D eigenvalue weighted by Gasteiger charge is -2.22. The molecule has 0 radical (unpaired) electrons. The number of benzene rings is 2. The number of carbonyl (C=O) groups excluding carboxylic acids is 1. The lowest BCUT2D eigenvalue weighted by molar-refractivity contribution is -0.121. The summed E-state index contributed by atoms with van der Waals surface area (Å²) in [6, 6.07) is 14.2. The number of hydrogen-bond donors (Lipinski definition) is 0. The molecule has 0 N–H and O–H groups in total. The maximum atomic E-state index is 13.1. The van der Waals surface area contributed by atoms with E-state index >= 15 is 0 Å². The van der Waals surface area contributed by atoms with E-state index in [1.807, 2.05) is 35.2 Å². The summed E-state index contributed by atoms with van der Waals surface area (Å²) in [6.45, 7) is 3.35. The summed E-state index contributed by atoms with van der Waals surface area (Å²) in [4.78, 5) is 17.4. The molecular weight excluding hydrogens is 340 g/mol. The van der Waals surface area contributed by atoms with Crippen LogP contribution in [-0.4, -0.2) is 44.7 Å². The van der Waals surface area contributed by atoms with Gasteiger partial charge in [0.2, 0.25) is 5.91 Å². The van der Waals surface area contributed by atoms with Crippen molar-refractivity contribution in [3.63, 3.8) is 0 Å². The van der Waals surface area contributed by atoms with Crippen molar-refractivity contribution in [1.82, 2.24) is 4.90 Å². The van der Waals surface area contributed by atoms with Crippen molar-refractivity contribution in [2.24, 2.45) is 5.92 Å². The van der Waals surface area contributed by atoms with Crippen LogP contribution in [0.15, 0.2) is 42.5 Å². The van der Waals surface area contributed by atoms with Crippen LogP contribution in [0, 0.1) is 5.92 Å². The zero-order valence-electron chi connectivity index (χ0n) is 16.0. The molecule has 2 aliphatic rings. The molecule has 5 nitrogen and oxygen atoms in total. The Labute approximate surface area is 160 Å². The van der Waals surface area contributed by atoms with Crippen LogP contribution < -0.4 is 14.4 Å². The summed E-state index contributed by atoms with van der Waals surface area (Å²) >= 11 is 0. The van der Waals surface area contributed by atoms with Gasteiger partial charge in [0.25, 0.3) is 0 Å². The van der Waals surface area contributed by atoms with E-state index in [-0.39, 0.29) is 11.8 Å². The van der Waals surface area contributed by atoms with Gasteiger partial charge in [-0.1, -0.05) is 18.2 Å². The maximum Gasteiger partial charge on any atom is 0.231 e. The Kier molecular flexibility index (Phi) is 5.03. The molecule has 2 aromatic carbocycles. The zero-order valence-corrected chi connectivity index (χ0v) is 16.0. The van der Waals surface area contributed by atoms with Crippen LogP contribution in [0.3, 0.4) is 0 Å². The molecule has 5 heteroatoms. The number of likely N-dealkylation sites (tertiary alicyclic amines) is 1. The van der Waals surface area contributed by atoms with Crippen LogP contribution in [0.25, 0.3) is 0 Å². The Bertz CT molecular complexity index is 814. The zero-order chi connectivity index (χ0) is 18.8. The van der Waals surface area contributed by atoms with Crippen LogP contribution in [0.1, 0.15) is 17.5 Å². The van der Waals surface area contributed by atoms with Gasteiger partial charge in [0.05, 0.1) is 20.1 Å². The van der Waals surface area contributed by atoms with Crippen molar-refractivity contribution in [3.05, 3.63) is 53.6 Å². The minimum Gasteiger partial charge on any atom is -0.497 e. The first-order valence-electron chi connectivity index (χ1n) is 9.51. The monoisotopic (exact) mass is 366 g/mol. The molecule has 4 rings (SSSR count). The van der Waals surface area contributed by atoms with Crippen molar-refractivity contribution >= 4 is 11.6 Å². The Balaban J connectivity index is 1.41. The van der Waals surface area contributed by atoms with E-state index in [1.54, 1.807) is 14.2 Å². The third-order valence-corrected chi connectivity index (χ3v) is 5.59. The van der Waals surface area contributed by atoms with Crippen molar-refractivity contribution in [2.45, 2.75) is 19.4 Å². The highest BCUT2D eigenvalue weighted by Gasteiger charge is 2.34. The summed E-state index contributed by atoms with van der Waals surface area (Å²) in [5.41, 5.74) is 3.52. The number of carbonyl (C=O) groups is 1. The van der Waals surface area contributed by atoms with Gasteiger partial charge in [0.1, 0.15) is 11.5 Å². The van der Waals surface area contributed by atoms with E-state index in [9.17, 15) is 4.79 Å². The molecular formula is C22H26N2O3. The number of rotatable bonds is 5. The normalized spacial score (nSPS) is 19.2. The molecule has 0 aromatic heterocycles. The molecule has 2 aliphatic heterocycles. The minimum atomic E-state index is 0.0728. The van der Waals surface area contributed by atoms with Crippen LogP contribution in [-0.2, 0) is 17.8 Å². The fraction of sp³-hybridized carbons (Fsp3) is 0.409. The summed E-state index contributed by atoms with van der Waals surface area (Å²) in [5.74, 6) is 1.93. The number of methoxy groups -OCH3 is 2. The maximum absolute atomic E-state index is 13.1. The summed E-state index contributed by atoms with van der Waals surface area (Å²) in [5, 5.41) is 0. The fourth-order valence-electron chi connectivity index (χ4n) is 4.18. The van der Waals surface area contributed by atoms with E-state index in [4.69, 9.17) is 9.47 Å². The average molecular weight is 366 g/mol. The molecule has 1 saturated heterocycles. The Morgan fingerprint density at radius 2 is 1.81 bits per heavy atom. The second kappa shape index (κ2) is 7.61. The van der Waals surface area contributed by atoms with Gasteiger partial charge in [0.15, 0.2) is 0 Å². The topological polar surface area (TPSA) is 42.0 Å². The molecule has 142 valence electrons. The standard InChI is InChI=1S/C22H26N2O3/c1-26-19-11-16(12-20(13-19)27-2)14-23-9-7-18(15-23)22(25)24-10-8-17-5-3-4-6-21(17)24/h3-6,11-13,18H,7-10,14-15H2,1-2H3. The first kappa shape index (κ1) is 17.9. The van der Waals surface area contributed by atoms with Crippen LogP contribution in [0.5, 0.6) is 11.5 Å². The number of anilines is 1. The van der Waals surface area contributed by atoms with Gasteiger partial charge in [-0.2, -0.15) is 0 Å². The molecule has 1 unspecified atom stereocenters. The molecule has 1 atom stereocenters. The number of fused-ring (bicyclic) bond motifs is 1. The predicted octanol–water partition coefficient (Wildman–Crippen LogP) is 3.12. The van der Waals surface area contributed by atoms with E-state index in [0.717, 1.165) is 61.8 Å². The number of para-hydroxylation sites is 1. The smallest absolute Gasteiger partial charge is 0.231 e. The molecule has 2 aromatic rings. The van der Waals surface area contributed by atoms with Gasteiger partial charge < -0.3 is 14.4 Å². The predicted molar refractivity (Wildman–Crippen MR) is 105 cm³/mol. The minimum absolute atomic E-state index is 0.0728. The van der Waals surface area contributed by atoms with E-state index in [2.05, 4.69) is 17.0 Å². The molecule has 2 heterocycles. The molecule has 0 bridgehead atoms. The van der Waals surface area contributed by atoms with E-state index in [1.165, 1.54) is 5.56 Å². The highest BCUT2D eigenvalue weighted by atomic mass is 16.5. The average Bonchev–Trinajstić information content (AvgIpc) is 3.34. The van der Waals surface area contributed by atoms with Gasteiger partial charge in [-0.25, -0.2) is 0 Å². The Morgan fingerprint density at radius 3 is 2.56 bits per heavy atom. The van der Waals surface area contributed by atoms with Crippen molar-refractivity contribution < 1.29 is 14.3 Å². The third-order valence-electron chi connectivity index (χ3n) is 5.59. The highest BCUT2D eigenvalue weighted by Crippen LogP contribution is 2.31. The summed E-state index contributed by atoms with van der Waals surface area (Å²) < 4.78 is 10.7. The molecule has 1 amide bonds. The number of nitrogens with zero attached hydrogens (tertiary/aromatic N) is 2. The first-order valence-corrected chi connectivity index (χ1v) is 9.51. The number of ether oxygens (including phenoxy) is 2. The second-order valence-electron chi connectivity index (χ2n) is 7.31. The molecule has 1 fully saturated rings. The van der Waals surface area contributed by atoms with Gasteiger partial charge in [-0.05, 0) is 48.7 Å². The summed E-state index contributed by atoms with van der Waals surface area (Å²) in [6.07, 6.45) is 1.88. The van der Waals surface area contributed by atoms with E-state index in [0.29, 0.717) is 0 Å². The largest absolute Gasteiger partial charge is 0.497 e. The molecule has 0 aliphatic carbocycles. The lowest BCUT2D eigenvalue weighted by atomic mass is 10.1. The number of hydrogen-bond acceptors (Lipinski definition) is 4. The van der Waals surface area contributed by atoms with Gasteiger partial charge in [0, 0.05) is 31.4 Å². The molecule has 0 spiro atoms. The van der Waals surface area contributed by atoms with Crippen LogP contribution in [0.2, 0.25) is 0 Å². The Morgan fingerprint density at radius 1 is 1.07 bits per heavy atom. The fourth-order valence-corrected chi connectivity index (χ4v) is 4.18. The van der Waals surface area contributed by atoms with Crippen LogP contribution in [0.4, 0.5) is 5.69 Å². The van der Waals surface area contributed by atoms with Crippen molar-refractivity contribution in [3.8, 4) is 11.5 Å². The van der Waals surface area contributed by atoms with Crippen molar-refractivity contribution in [1.29, 1.82) is 0 Å².